The molecule has 1 aromatic heterocycles. The van der Waals surface area contributed by atoms with Crippen molar-refractivity contribution >= 4 is 11.8 Å². The van der Waals surface area contributed by atoms with Crippen molar-refractivity contribution in [3.63, 3.8) is 0 Å². The molecule has 16 heavy (non-hydrogen) atoms. The van der Waals surface area contributed by atoms with E-state index in [9.17, 15) is 0 Å². The summed E-state index contributed by atoms with van der Waals surface area (Å²) in [6, 6.07) is 0.721. The molecule has 1 fully saturated rings. The first-order chi connectivity index (χ1) is 7.81. The van der Waals surface area contributed by atoms with Crippen molar-refractivity contribution in [2.75, 3.05) is 12.8 Å². The molecule has 2 atom stereocenters. The van der Waals surface area contributed by atoms with E-state index in [1.54, 1.807) is 0 Å². The summed E-state index contributed by atoms with van der Waals surface area (Å²) in [5.41, 5.74) is 0. The highest BCUT2D eigenvalue weighted by atomic mass is 32.2. The maximum atomic E-state index is 4.23. The molecule has 0 spiro atoms. The van der Waals surface area contributed by atoms with Crippen LogP contribution in [0.2, 0.25) is 0 Å². The second-order valence-electron chi connectivity index (χ2n) is 4.43. The number of nitrogens with zero attached hydrogens (tertiary/aromatic N) is 2. The number of aryl methyl sites for hydroxylation is 1. The zero-order valence-corrected chi connectivity index (χ0v) is 11.0. The lowest BCUT2D eigenvalue weighted by molar-refractivity contribution is 0.499. The van der Waals surface area contributed by atoms with Crippen molar-refractivity contribution in [1.82, 2.24) is 14.9 Å². The van der Waals surface area contributed by atoms with Crippen LogP contribution in [-0.4, -0.2) is 33.6 Å². The van der Waals surface area contributed by atoms with E-state index in [1.165, 1.54) is 19.3 Å². The third-order valence-electron chi connectivity index (χ3n) is 3.44. The van der Waals surface area contributed by atoms with Gasteiger partial charge in [-0.25, -0.2) is 4.98 Å². The van der Waals surface area contributed by atoms with Crippen LogP contribution in [0.5, 0.6) is 0 Å². The Morgan fingerprint density at radius 3 is 3.12 bits per heavy atom. The summed E-state index contributed by atoms with van der Waals surface area (Å²) in [6.45, 7) is 4.14. The standard InChI is InChI=1S/C12H21N3S/c1-10-13-6-8-15(10)9-7-14-11-4-3-5-12(11)16-2/h6,8,11-12,14H,3-5,7,9H2,1-2H3. The minimum atomic E-state index is 0.721. The molecule has 2 unspecified atom stereocenters. The Bertz CT molecular complexity index is 324. The summed E-state index contributed by atoms with van der Waals surface area (Å²) in [5.74, 6) is 1.11. The molecule has 90 valence electrons. The van der Waals surface area contributed by atoms with Crippen LogP contribution < -0.4 is 5.32 Å². The Morgan fingerprint density at radius 1 is 1.56 bits per heavy atom. The molecule has 1 heterocycles. The molecule has 1 aromatic rings. The average molecular weight is 239 g/mol. The van der Waals surface area contributed by atoms with Gasteiger partial charge in [0.05, 0.1) is 0 Å². The minimum absolute atomic E-state index is 0.721. The summed E-state index contributed by atoms with van der Waals surface area (Å²) in [4.78, 5) is 4.23. The van der Waals surface area contributed by atoms with E-state index in [2.05, 4.69) is 34.2 Å². The fourth-order valence-corrected chi connectivity index (χ4v) is 3.42. The van der Waals surface area contributed by atoms with Crippen LogP contribution in [0.1, 0.15) is 25.1 Å². The van der Waals surface area contributed by atoms with Gasteiger partial charge in [-0.15, -0.1) is 0 Å². The molecule has 0 amide bonds. The predicted octanol–water partition coefficient (Wildman–Crippen LogP) is 2.07. The van der Waals surface area contributed by atoms with Gasteiger partial charge in [0.15, 0.2) is 0 Å². The number of hydrogen-bond donors (Lipinski definition) is 1. The van der Waals surface area contributed by atoms with E-state index in [1.807, 2.05) is 18.0 Å². The lowest BCUT2D eigenvalue weighted by Crippen LogP contribution is -2.36. The van der Waals surface area contributed by atoms with Gasteiger partial charge in [-0.3, -0.25) is 0 Å². The second-order valence-corrected chi connectivity index (χ2v) is 5.51. The van der Waals surface area contributed by atoms with Crippen LogP contribution in [-0.2, 0) is 6.54 Å². The summed E-state index contributed by atoms with van der Waals surface area (Å²) in [5, 5.41) is 4.50. The van der Waals surface area contributed by atoms with Gasteiger partial charge in [-0.2, -0.15) is 11.8 Å². The summed E-state index contributed by atoms with van der Waals surface area (Å²) in [7, 11) is 0. The second kappa shape index (κ2) is 5.73. The normalized spacial score (nSPS) is 25.1. The zero-order chi connectivity index (χ0) is 11.4. The van der Waals surface area contributed by atoms with Gasteiger partial charge in [0.25, 0.3) is 0 Å². The first-order valence-electron chi connectivity index (χ1n) is 6.05. The lowest BCUT2D eigenvalue weighted by Gasteiger charge is -2.19. The molecule has 1 N–H and O–H groups in total. The molecule has 0 aromatic carbocycles. The number of thioether (sulfide) groups is 1. The number of rotatable bonds is 5. The Kier molecular flexibility index (Phi) is 4.29. The SMILES string of the molecule is CSC1CCCC1NCCn1ccnc1C. The molecule has 0 radical (unpaired) electrons. The van der Waals surface area contributed by atoms with Crippen molar-refractivity contribution in [3.05, 3.63) is 18.2 Å². The average Bonchev–Trinajstić information content (AvgIpc) is 2.88. The fraction of sp³-hybridized carbons (Fsp3) is 0.750. The first kappa shape index (κ1) is 12.0. The molecular weight excluding hydrogens is 218 g/mol. The molecule has 3 nitrogen and oxygen atoms in total. The van der Waals surface area contributed by atoms with E-state index >= 15 is 0 Å². The monoisotopic (exact) mass is 239 g/mol. The highest BCUT2D eigenvalue weighted by molar-refractivity contribution is 7.99. The van der Waals surface area contributed by atoms with Crippen molar-refractivity contribution in [2.24, 2.45) is 0 Å². The van der Waals surface area contributed by atoms with Crippen molar-refractivity contribution in [2.45, 2.75) is 44.0 Å². The van der Waals surface area contributed by atoms with Crippen LogP contribution in [0.25, 0.3) is 0 Å². The molecule has 4 heteroatoms. The number of nitrogens with one attached hydrogen (secondary N) is 1. The van der Waals surface area contributed by atoms with Gasteiger partial charge in [0, 0.05) is 36.8 Å². The Labute approximate surface area is 102 Å². The summed E-state index contributed by atoms with van der Waals surface area (Å²) < 4.78 is 2.20. The van der Waals surface area contributed by atoms with Crippen LogP contribution in [0, 0.1) is 6.92 Å². The third kappa shape index (κ3) is 2.80. The quantitative estimate of drug-likeness (QED) is 0.853. The maximum absolute atomic E-state index is 4.23. The van der Waals surface area contributed by atoms with Crippen molar-refractivity contribution in [1.29, 1.82) is 0 Å². The van der Waals surface area contributed by atoms with Crippen LogP contribution >= 0.6 is 11.8 Å². The van der Waals surface area contributed by atoms with Gasteiger partial charge in [-0.1, -0.05) is 6.42 Å². The highest BCUT2D eigenvalue weighted by Crippen LogP contribution is 2.28. The molecule has 1 saturated carbocycles. The van der Waals surface area contributed by atoms with Gasteiger partial charge < -0.3 is 9.88 Å². The van der Waals surface area contributed by atoms with Gasteiger partial charge in [0.2, 0.25) is 0 Å². The molecular formula is C12H21N3S. The van der Waals surface area contributed by atoms with Crippen LogP contribution in [0.4, 0.5) is 0 Å². The fourth-order valence-electron chi connectivity index (χ4n) is 2.45. The Morgan fingerprint density at radius 2 is 2.44 bits per heavy atom. The van der Waals surface area contributed by atoms with E-state index in [0.717, 1.165) is 30.2 Å². The number of aromatic nitrogens is 2. The highest BCUT2D eigenvalue weighted by Gasteiger charge is 2.25. The molecule has 1 aliphatic carbocycles. The van der Waals surface area contributed by atoms with E-state index in [0.29, 0.717) is 0 Å². The predicted molar refractivity (Wildman–Crippen MR) is 69.9 cm³/mol. The number of hydrogen-bond acceptors (Lipinski definition) is 3. The molecule has 2 rings (SSSR count). The minimum Gasteiger partial charge on any atom is -0.334 e. The summed E-state index contributed by atoms with van der Waals surface area (Å²) >= 11 is 2.01. The van der Waals surface area contributed by atoms with Gasteiger partial charge >= 0.3 is 0 Å². The maximum Gasteiger partial charge on any atom is 0.105 e. The molecule has 0 aliphatic heterocycles. The van der Waals surface area contributed by atoms with Crippen LogP contribution in [0.15, 0.2) is 12.4 Å². The lowest BCUT2D eigenvalue weighted by atomic mass is 10.2. The largest absolute Gasteiger partial charge is 0.334 e. The van der Waals surface area contributed by atoms with Crippen molar-refractivity contribution < 1.29 is 0 Å². The Hall–Kier alpha value is -0.480. The first-order valence-corrected chi connectivity index (χ1v) is 7.34. The summed E-state index contributed by atoms with van der Waals surface area (Å²) in [6.07, 6.45) is 10.3. The zero-order valence-electron chi connectivity index (χ0n) is 10.1. The topological polar surface area (TPSA) is 29.9 Å². The van der Waals surface area contributed by atoms with Gasteiger partial charge in [-0.05, 0) is 26.0 Å². The molecule has 1 aliphatic rings. The van der Waals surface area contributed by atoms with Gasteiger partial charge in [0.1, 0.15) is 5.82 Å². The molecule has 0 bridgehead atoms. The van der Waals surface area contributed by atoms with E-state index in [-0.39, 0.29) is 0 Å². The van der Waals surface area contributed by atoms with E-state index in [4.69, 9.17) is 0 Å². The van der Waals surface area contributed by atoms with Crippen molar-refractivity contribution in [3.8, 4) is 0 Å². The van der Waals surface area contributed by atoms with E-state index < -0.39 is 0 Å². The van der Waals surface area contributed by atoms with Crippen LogP contribution in [0.3, 0.4) is 0 Å². The number of imidazole rings is 1. The smallest absolute Gasteiger partial charge is 0.105 e. The molecule has 0 saturated heterocycles. The Balaban J connectivity index is 1.74. The third-order valence-corrected chi connectivity index (χ3v) is 4.61.